The van der Waals surface area contributed by atoms with Crippen LogP contribution in [0.3, 0.4) is 0 Å². The molecule has 0 aliphatic carbocycles. The second-order valence-electron chi connectivity index (χ2n) is 7.13. The van der Waals surface area contributed by atoms with Crippen LogP contribution < -0.4 is 4.90 Å². The molecule has 7 nitrogen and oxygen atoms in total. The van der Waals surface area contributed by atoms with E-state index in [0.29, 0.717) is 37.8 Å². The van der Waals surface area contributed by atoms with Gasteiger partial charge in [-0.3, -0.25) is 4.79 Å². The monoisotopic (exact) mass is 381 g/mol. The molecule has 0 saturated carbocycles. The fourth-order valence-corrected chi connectivity index (χ4v) is 3.64. The molecule has 2 saturated heterocycles. The number of morpholine rings is 1. The van der Waals surface area contributed by atoms with E-state index in [2.05, 4.69) is 21.7 Å². The van der Waals surface area contributed by atoms with Crippen molar-refractivity contribution >= 4 is 11.7 Å². The van der Waals surface area contributed by atoms with E-state index in [1.54, 1.807) is 0 Å². The lowest BCUT2D eigenvalue weighted by Gasteiger charge is -2.35. The van der Waals surface area contributed by atoms with Gasteiger partial charge in [0.2, 0.25) is 0 Å². The summed E-state index contributed by atoms with van der Waals surface area (Å²) < 4.78 is 5.38. The number of nitrogens with zero attached hydrogens (tertiary/aromatic N) is 5. The van der Waals surface area contributed by atoms with E-state index < -0.39 is 0 Å². The van der Waals surface area contributed by atoms with E-state index in [0.717, 1.165) is 44.1 Å². The Morgan fingerprint density at radius 2 is 1.71 bits per heavy atom. The van der Waals surface area contributed by atoms with Crippen LogP contribution in [0, 0.1) is 0 Å². The van der Waals surface area contributed by atoms with Crippen molar-refractivity contribution < 1.29 is 9.53 Å². The Morgan fingerprint density at radius 1 is 1.00 bits per heavy atom. The Kier molecular flexibility index (Phi) is 5.83. The van der Waals surface area contributed by atoms with Gasteiger partial charge >= 0.3 is 0 Å². The summed E-state index contributed by atoms with van der Waals surface area (Å²) in [5.74, 6) is 1.39. The summed E-state index contributed by atoms with van der Waals surface area (Å²) in [7, 11) is 0. The average molecular weight is 381 g/mol. The Morgan fingerprint density at radius 3 is 2.39 bits per heavy atom. The molecule has 148 valence electrons. The number of hydrogen-bond acceptors (Lipinski definition) is 6. The molecule has 2 fully saturated rings. The smallest absolute Gasteiger partial charge is 0.272 e. The normalized spacial score (nSPS) is 18.3. The highest BCUT2D eigenvalue weighted by atomic mass is 16.5. The SMILES string of the molecule is CCN1CCN(c2cc(C(=O)N3CCOCC3)nc(-c3ccccc3)n2)CC1. The van der Waals surface area contributed by atoms with Crippen LogP contribution in [0.1, 0.15) is 17.4 Å². The first-order valence-corrected chi connectivity index (χ1v) is 10.0. The van der Waals surface area contributed by atoms with Gasteiger partial charge < -0.3 is 19.4 Å². The molecule has 1 aromatic carbocycles. The molecule has 0 radical (unpaired) electrons. The molecule has 0 unspecified atom stereocenters. The summed E-state index contributed by atoms with van der Waals surface area (Å²) in [4.78, 5) is 29.0. The predicted molar refractivity (Wildman–Crippen MR) is 109 cm³/mol. The molecule has 2 aliphatic rings. The highest BCUT2D eigenvalue weighted by Gasteiger charge is 2.24. The molecule has 0 atom stereocenters. The number of carbonyl (C=O) groups excluding carboxylic acids is 1. The highest BCUT2D eigenvalue weighted by molar-refractivity contribution is 5.93. The van der Waals surface area contributed by atoms with Crippen LogP contribution >= 0.6 is 0 Å². The average Bonchev–Trinajstić information content (AvgIpc) is 2.79. The Balaban J connectivity index is 1.66. The second-order valence-corrected chi connectivity index (χ2v) is 7.13. The summed E-state index contributed by atoms with van der Waals surface area (Å²) in [5, 5.41) is 0. The van der Waals surface area contributed by atoms with Gasteiger partial charge in [0.25, 0.3) is 5.91 Å². The van der Waals surface area contributed by atoms with Crippen molar-refractivity contribution in [3.8, 4) is 11.4 Å². The van der Waals surface area contributed by atoms with Crippen molar-refractivity contribution in [2.45, 2.75) is 6.92 Å². The number of aromatic nitrogens is 2. The predicted octanol–water partition coefficient (Wildman–Crippen LogP) is 1.76. The standard InChI is InChI=1S/C21H27N5O2/c1-2-24-8-10-25(11-9-24)19-16-18(21(27)26-12-14-28-15-13-26)22-20(23-19)17-6-4-3-5-7-17/h3-7,16H,2,8-15H2,1H3. The quantitative estimate of drug-likeness (QED) is 0.804. The molecule has 0 bridgehead atoms. The van der Waals surface area contributed by atoms with Crippen LogP contribution in [-0.2, 0) is 4.74 Å². The zero-order valence-corrected chi connectivity index (χ0v) is 16.4. The number of piperazine rings is 1. The van der Waals surface area contributed by atoms with Crippen LogP contribution in [0.15, 0.2) is 36.4 Å². The number of ether oxygens (including phenoxy) is 1. The molecule has 28 heavy (non-hydrogen) atoms. The van der Waals surface area contributed by atoms with Gasteiger partial charge in [-0.05, 0) is 6.54 Å². The van der Waals surface area contributed by atoms with Gasteiger partial charge in [-0.2, -0.15) is 0 Å². The molecule has 0 spiro atoms. The lowest BCUT2D eigenvalue weighted by Crippen LogP contribution is -2.46. The Bertz CT molecular complexity index is 800. The summed E-state index contributed by atoms with van der Waals surface area (Å²) in [6, 6.07) is 11.7. The van der Waals surface area contributed by atoms with Crippen LogP contribution in [0.5, 0.6) is 0 Å². The van der Waals surface area contributed by atoms with Crippen LogP contribution in [0.2, 0.25) is 0 Å². The minimum absolute atomic E-state index is 0.0451. The lowest BCUT2D eigenvalue weighted by atomic mass is 10.2. The molecule has 7 heteroatoms. The van der Waals surface area contributed by atoms with Crippen molar-refractivity contribution in [2.75, 3.05) is 63.9 Å². The first-order chi connectivity index (χ1) is 13.7. The molecule has 0 N–H and O–H groups in total. The van der Waals surface area contributed by atoms with Crippen molar-refractivity contribution in [3.05, 3.63) is 42.1 Å². The van der Waals surface area contributed by atoms with Gasteiger partial charge in [-0.25, -0.2) is 9.97 Å². The Hall–Kier alpha value is -2.51. The number of carbonyl (C=O) groups is 1. The van der Waals surface area contributed by atoms with Crippen molar-refractivity contribution in [1.82, 2.24) is 19.8 Å². The largest absolute Gasteiger partial charge is 0.378 e. The van der Waals surface area contributed by atoms with Crippen molar-refractivity contribution in [2.24, 2.45) is 0 Å². The molecule has 2 aliphatic heterocycles. The maximum Gasteiger partial charge on any atom is 0.272 e. The Labute approximate surface area is 165 Å². The fourth-order valence-electron chi connectivity index (χ4n) is 3.64. The minimum atomic E-state index is -0.0451. The number of hydrogen-bond donors (Lipinski definition) is 0. The van der Waals surface area contributed by atoms with Crippen LogP contribution in [0.4, 0.5) is 5.82 Å². The first kappa shape index (κ1) is 18.8. The zero-order valence-electron chi connectivity index (χ0n) is 16.4. The zero-order chi connectivity index (χ0) is 19.3. The van der Waals surface area contributed by atoms with Crippen LogP contribution in [0.25, 0.3) is 11.4 Å². The van der Waals surface area contributed by atoms with Gasteiger partial charge in [0.1, 0.15) is 11.5 Å². The van der Waals surface area contributed by atoms with Gasteiger partial charge in [-0.1, -0.05) is 37.3 Å². The van der Waals surface area contributed by atoms with E-state index in [4.69, 9.17) is 9.72 Å². The van der Waals surface area contributed by atoms with Gasteiger partial charge in [0, 0.05) is 50.9 Å². The molecule has 3 heterocycles. The van der Waals surface area contributed by atoms with Crippen molar-refractivity contribution in [1.29, 1.82) is 0 Å². The number of amides is 1. The molecular formula is C21H27N5O2. The fraction of sp³-hybridized carbons (Fsp3) is 0.476. The third kappa shape index (κ3) is 4.15. The topological polar surface area (TPSA) is 61.8 Å². The maximum absolute atomic E-state index is 13.1. The minimum Gasteiger partial charge on any atom is -0.378 e. The number of likely N-dealkylation sites (N-methyl/N-ethyl adjacent to an activating group) is 1. The first-order valence-electron chi connectivity index (χ1n) is 10.0. The number of rotatable bonds is 4. The van der Waals surface area contributed by atoms with E-state index in [9.17, 15) is 4.79 Å². The molecule has 1 amide bonds. The number of anilines is 1. The van der Waals surface area contributed by atoms with E-state index in [1.165, 1.54) is 0 Å². The lowest BCUT2D eigenvalue weighted by molar-refractivity contribution is 0.0299. The summed E-state index contributed by atoms with van der Waals surface area (Å²) >= 11 is 0. The second kappa shape index (κ2) is 8.67. The van der Waals surface area contributed by atoms with Crippen molar-refractivity contribution in [3.63, 3.8) is 0 Å². The highest BCUT2D eigenvalue weighted by Crippen LogP contribution is 2.22. The van der Waals surface area contributed by atoms with E-state index in [1.807, 2.05) is 41.3 Å². The molecular weight excluding hydrogens is 354 g/mol. The van der Waals surface area contributed by atoms with Gasteiger partial charge in [-0.15, -0.1) is 0 Å². The summed E-state index contributed by atoms with van der Waals surface area (Å²) in [5.41, 5.74) is 1.39. The van der Waals surface area contributed by atoms with Gasteiger partial charge in [0.05, 0.1) is 13.2 Å². The summed E-state index contributed by atoms with van der Waals surface area (Å²) in [6.45, 7) is 9.45. The third-order valence-corrected chi connectivity index (χ3v) is 5.41. The molecule has 2 aromatic rings. The van der Waals surface area contributed by atoms with Crippen LogP contribution in [-0.4, -0.2) is 84.7 Å². The number of benzene rings is 1. The third-order valence-electron chi connectivity index (χ3n) is 5.41. The molecule has 1 aromatic heterocycles. The maximum atomic E-state index is 13.1. The summed E-state index contributed by atoms with van der Waals surface area (Å²) in [6.07, 6.45) is 0. The van der Waals surface area contributed by atoms with E-state index >= 15 is 0 Å². The molecule has 4 rings (SSSR count). The van der Waals surface area contributed by atoms with E-state index in [-0.39, 0.29) is 5.91 Å². The van der Waals surface area contributed by atoms with Gasteiger partial charge in [0.15, 0.2) is 5.82 Å².